The number of fused-ring (bicyclic) bond motifs is 1. The largest absolute Gasteiger partial charge is 0.468 e. The van der Waals surface area contributed by atoms with Crippen molar-refractivity contribution in [2.75, 3.05) is 27.9 Å². The Morgan fingerprint density at radius 2 is 1.78 bits per heavy atom. The lowest BCUT2D eigenvalue weighted by molar-refractivity contribution is -0.173. The molecule has 0 aromatic heterocycles. The average molecular weight is 321 g/mol. The van der Waals surface area contributed by atoms with E-state index < -0.39 is 23.3 Å². The molecule has 0 heterocycles. The molecule has 23 heavy (non-hydrogen) atoms. The third-order valence-electron chi connectivity index (χ3n) is 4.60. The summed E-state index contributed by atoms with van der Waals surface area (Å²) >= 11 is 0. The fraction of sp³-hybridized carbons (Fsp3) is 0.529. The third-order valence-corrected chi connectivity index (χ3v) is 4.60. The molecular weight excluding hydrogens is 298 g/mol. The van der Waals surface area contributed by atoms with Crippen LogP contribution in [0.15, 0.2) is 24.3 Å². The Kier molecular flexibility index (Phi) is 5.38. The topological polar surface area (TPSA) is 87.8 Å². The van der Waals surface area contributed by atoms with E-state index >= 15 is 0 Å². The van der Waals surface area contributed by atoms with E-state index in [9.17, 15) is 9.59 Å². The summed E-state index contributed by atoms with van der Waals surface area (Å²) in [5.74, 6) is -1.79. The minimum absolute atomic E-state index is 0.148. The lowest BCUT2D eigenvalue weighted by Gasteiger charge is -2.36. The molecule has 2 rings (SSSR count). The molecule has 6 heteroatoms. The number of esters is 2. The summed E-state index contributed by atoms with van der Waals surface area (Å²) in [5, 5.41) is 0. The first kappa shape index (κ1) is 17.4. The summed E-state index contributed by atoms with van der Waals surface area (Å²) in [7, 11) is 4.04. The van der Waals surface area contributed by atoms with Gasteiger partial charge in [0.05, 0.1) is 14.2 Å². The summed E-state index contributed by atoms with van der Waals surface area (Å²) in [6.45, 7) is 0.218. The van der Waals surface area contributed by atoms with Crippen LogP contribution < -0.4 is 5.73 Å². The van der Waals surface area contributed by atoms with Crippen LogP contribution in [0.3, 0.4) is 0 Å². The van der Waals surface area contributed by atoms with Gasteiger partial charge >= 0.3 is 11.9 Å². The Labute approximate surface area is 135 Å². The van der Waals surface area contributed by atoms with Crippen molar-refractivity contribution in [1.82, 2.24) is 0 Å². The van der Waals surface area contributed by atoms with Crippen LogP contribution in [0.25, 0.3) is 0 Å². The first-order valence-corrected chi connectivity index (χ1v) is 7.52. The average Bonchev–Trinajstić information content (AvgIpc) is 2.91. The molecule has 0 saturated carbocycles. The molecule has 0 amide bonds. The van der Waals surface area contributed by atoms with Gasteiger partial charge < -0.3 is 19.9 Å². The van der Waals surface area contributed by atoms with Crippen LogP contribution in [-0.2, 0) is 30.2 Å². The molecule has 2 N–H and O–H groups in total. The Morgan fingerprint density at radius 3 is 2.35 bits per heavy atom. The van der Waals surface area contributed by atoms with Crippen molar-refractivity contribution in [2.45, 2.75) is 24.8 Å². The number of rotatable bonds is 6. The fourth-order valence-electron chi connectivity index (χ4n) is 3.58. The van der Waals surface area contributed by atoms with E-state index in [0.717, 1.165) is 11.1 Å². The van der Waals surface area contributed by atoms with Gasteiger partial charge in [0.2, 0.25) is 0 Å². The molecule has 126 valence electrons. The van der Waals surface area contributed by atoms with Gasteiger partial charge in [-0.05, 0) is 24.0 Å². The summed E-state index contributed by atoms with van der Waals surface area (Å²) in [6, 6.07) is 7.29. The maximum Gasteiger partial charge on any atom is 0.324 e. The molecule has 1 aromatic rings. The Balaban J connectivity index is 2.60. The van der Waals surface area contributed by atoms with Crippen molar-refractivity contribution < 1.29 is 23.8 Å². The van der Waals surface area contributed by atoms with Crippen LogP contribution in [0.1, 0.15) is 23.5 Å². The van der Waals surface area contributed by atoms with Crippen molar-refractivity contribution in [3.8, 4) is 0 Å². The molecule has 0 spiro atoms. The van der Waals surface area contributed by atoms with Crippen LogP contribution >= 0.6 is 0 Å². The lowest BCUT2D eigenvalue weighted by Crippen LogP contribution is -2.51. The van der Waals surface area contributed by atoms with Gasteiger partial charge in [-0.25, -0.2) is 0 Å². The van der Waals surface area contributed by atoms with Crippen LogP contribution in [0.4, 0.5) is 0 Å². The minimum atomic E-state index is -1.51. The highest BCUT2D eigenvalue weighted by molar-refractivity contribution is 6.01. The molecule has 0 bridgehead atoms. The van der Waals surface area contributed by atoms with Gasteiger partial charge in [0, 0.05) is 25.7 Å². The molecule has 1 aliphatic rings. The number of nitrogens with two attached hydrogens (primary N) is 1. The monoisotopic (exact) mass is 321 g/mol. The number of carbonyl (C=O) groups is 2. The van der Waals surface area contributed by atoms with E-state index in [4.69, 9.17) is 19.9 Å². The molecule has 0 radical (unpaired) electrons. The highest BCUT2D eigenvalue weighted by Crippen LogP contribution is 2.48. The zero-order chi connectivity index (χ0) is 17.0. The summed E-state index contributed by atoms with van der Waals surface area (Å²) in [6.07, 6.45) is 0.749. The second kappa shape index (κ2) is 7.10. The predicted molar refractivity (Wildman–Crippen MR) is 83.8 cm³/mol. The normalized spacial score (nSPS) is 20.0. The van der Waals surface area contributed by atoms with E-state index in [0.29, 0.717) is 6.42 Å². The SMILES string of the molecule is COCCC(C(=O)OC)(C(=O)OC)[C@@H]1c2ccccc2C[C@H]1N. The van der Waals surface area contributed by atoms with E-state index in [1.165, 1.54) is 21.3 Å². The molecule has 0 unspecified atom stereocenters. The van der Waals surface area contributed by atoms with Gasteiger partial charge in [-0.3, -0.25) is 9.59 Å². The van der Waals surface area contributed by atoms with E-state index in [-0.39, 0.29) is 19.1 Å². The van der Waals surface area contributed by atoms with Gasteiger partial charge in [-0.15, -0.1) is 0 Å². The summed E-state index contributed by atoms with van der Waals surface area (Å²) in [4.78, 5) is 25.3. The van der Waals surface area contributed by atoms with Gasteiger partial charge in [0.15, 0.2) is 5.41 Å². The Morgan fingerprint density at radius 1 is 1.17 bits per heavy atom. The van der Waals surface area contributed by atoms with Crippen molar-refractivity contribution >= 4 is 11.9 Å². The highest BCUT2D eigenvalue weighted by Gasteiger charge is 2.58. The number of hydrogen-bond donors (Lipinski definition) is 1. The molecule has 1 aromatic carbocycles. The number of methoxy groups -OCH3 is 3. The maximum atomic E-state index is 12.6. The van der Waals surface area contributed by atoms with E-state index in [2.05, 4.69) is 0 Å². The van der Waals surface area contributed by atoms with Gasteiger partial charge in [-0.1, -0.05) is 24.3 Å². The number of hydrogen-bond acceptors (Lipinski definition) is 6. The van der Waals surface area contributed by atoms with Crippen molar-refractivity contribution in [2.24, 2.45) is 11.1 Å². The molecule has 0 saturated heterocycles. The van der Waals surface area contributed by atoms with Crippen LogP contribution in [0.2, 0.25) is 0 Å². The molecule has 1 aliphatic carbocycles. The first-order valence-electron chi connectivity index (χ1n) is 7.52. The standard InChI is InChI=1S/C17H23NO5/c1-21-9-8-17(15(19)22-2,16(20)23-3)14-12-7-5-4-6-11(12)10-13(14)18/h4-7,13-14H,8-10,18H2,1-3H3/t13-,14-/m1/s1. The predicted octanol–water partition coefficient (Wildman–Crippen LogP) is 1.02. The smallest absolute Gasteiger partial charge is 0.324 e. The minimum Gasteiger partial charge on any atom is -0.468 e. The third kappa shape index (κ3) is 2.84. The molecular formula is C17H23NO5. The maximum absolute atomic E-state index is 12.6. The number of ether oxygens (including phenoxy) is 3. The zero-order valence-electron chi connectivity index (χ0n) is 13.7. The van der Waals surface area contributed by atoms with Gasteiger partial charge in [0.1, 0.15) is 0 Å². The van der Waals surface area contributed by atoms with Crippen molar-refractivity contribution in [3.05, 3.63) is 35.4 Å². The zero-order valence-corrected chi connectivity index (χ0v) is 13.7. The Hall–Kier alpha value is -1.92. The van der Waals surface area contributed by atoms with Crippen LogP contribution in [-0.4, -0.2) is 45.9 Å². The molecule has 6 nitrogen and oxygen atoms in total. The second-order valence-electron chi connectivity index (χ2n) is 5.74. The summed E-state index contributed by atoms with van der Waals surface area (Å²) in [5.41, 5.74) is 6.74. The second-order valence-corrected chi connectivity index (χ2v) is 5.74. The van der Waals surface area contributed by atoms with Gasteiger partial charge in [-0.2, -0.15) is 0 Å². The summed E-state index contributed by atoms with van der Waals surface area (Å²) < 4.78 is 15.0. The highest BCUT2D eigenvalue weighted by atomic mass is 16.5. The lowest BCUT2D eigenvalue weighted by atomic mass is 9.68. The first-order chi connectivity index (χ1) is 11.0. The van der Waals surface area contributed by atoms with E-state index in [1.54, 1.807) is 0 Å². The molecule has 0 aliphatic heterocycles. The quantitative estimate of drug-likeness (QED) is 0.622. The van der Waals surface area contributed by atoms with Crippen molar-refractivity contribution in [1.29, 1.82) is 0 Å². The van der Waals surface area contributed by atoms with Crippen molar-refractivity contribution in [3.63, 3.8) is 0 Å². The fourth-order valence-corrected chi connectivity index (χ4v) is 3.58. The Bertz CT molecular complexity index is 570. The van der Waals surface area contributed by atoms with E-state index in [1.807, 2.05) is 24.3 Å². The molecule has 2 atom stereocenters. The number of benzene rings is 1. The van der Waals surface area contributed by atoms with Gasteiger partial charge in [0.25, 0.3) is 0 Å². The van der Waals surface area contributed by atoms with Crippen LogP contribution in [0, 0.1) is 5.41 Å². The van der Waals surface area contributed by atoms with Crippen LogP contribution in [0.5, 0.6) is 0 Å². The molecule has 0 fully saturated rings. The number of carbonyl (C=O) groups excluding carboxylic acids is 2.